The van der Waals surface area contributed by atoms with Gasteiger partial charge >= 0.3 is 0 Å². The summed E-state index contributed by atoms with van der Waals surface area (Å²) in [5.41, 5.74) is 2.92. The van der Waals surface area contributed by atoms with Crippen molar-refractivity contribution < 1.29 is 0 Å². The van der Waals surface area contributed by atoms with Gasteiger partial charge in [-0.2, -0.15) is 0 Å². The Morgan fingerprint density at radius 2 is 2.37 bits per heavy atom. The van der Waals surface area contributed by atoms with Crippen LogP contribution >= 0.6 is 38.9 Å². The smallest absolute Gasteiger partial charge is 0.132 e. The first kappa shape index (κ1) is 13.0. The Morgan fingerprint density at radius 3 is 3.11 bits per heavy atom. The Labute approximate surface area is 128 Å². The summed E-state index contributed by atoms with van der Waals surface area (Å²) in [5.74, 6) is 0. The number of anilines is 1. The van der Waals surface area contributed by atoms with Crippen LogP contribution in [0.5, 0.6) is 0 Å². The molecule has 3 rings (SSSR count). The molecule has 0 bridgehead atoms. The minimum absolute atomic E-state index is 0.494. The maximum Gasteiger partial charge on any atom is 0.132 e. The van der Waals surface area contributed by atoms with Crippen LogP contribution in [0.2, 0.25) is 5.15 Å². The van der Waals surface area contributed by atoms with E-state index in [1.54, 1.807) is 11.3 Å². The summed E-state index contributed by atoms with van der Waals surface area (Å²) in [6.45, 7) is 0.788. The highest BCUT2D eigenvalue weighted by atomic mass is 79.9. The number of hydrogen-bond donors (Lipinski definition) is 1. The van der Waals surface area contributed by atoms with Gasteiger partial charge < -0.3 is 9.88 Å². The molecular formula is C13H11BrClN3S. The van der Waals surface area contributed by atoms with Crippen LogP contribution in [0.1, 0.15) is 4.88 Å². The van der Waals surface area contributed by atoms with Gasteiger partial charge in [-0.3, -0.25) is 0 Å². The molecule has 98 valence electrons. The SMILES string of the molecule is Cn1cc(Br)c2nc(Cl)cc(NCc3cccs3)c21. The summed E-state index contributed by atoms with van der Waals surface area (Å²) in [4.78, 5) is 5.65. The second-order valence-electron chi connectivity index (χ2n) is 4.21. The molecule has 0 amide bonds. The van der Waals surface area contributed by atoms with Crippen molar-refractivity contribution in [3.8, 4) is 0 Å². The molecule has 3 aromatic heterocycles. The topological polar surface area (TPSA) is 29.9 Å². The van der Waals surface area contributed by atoms with Crippen molar-refractivity contribution in [1.82, 2.24) is 9.55 Å². The third-order valence-corrected chi connectivity index (χ3v) is 4.53. The zero-order valence-corrected chi connectivity index (χ0v) is 13.3. The number of rotatable bonds is 3. The molecule has 19 heavy (non-hydrogen) atoms. The molecule has 0 saturated heterocycles. The number of thiophene rings is 1. The molecule has 0 spiro atoms. The van der Waals surface area contributed by atoms with E-state index >= 15 is 0 Å². The van der Waals surface area contributed by atoms with Crippen LogP contribution in [0.25, 0.3) is 11.0 Å². The first-order chi connectivity index (χ1) is 9.15. The lowest BCUT2D eigenvalue weighted by Crippen LogP contribution is -2.00. The number of nitrogens with one attached hydrogen (secondary N) is 1. The van der Waals surface area contributed by atoms with Crippen LogP contribution in [0.3, 0.4) is 0 Å². The fourth-order valence-corrected chi connectivity index (χ4v) is 3.48. The zero-order chi connectivity index (χ0) is 13.4. The van der Waals surface area contributed by atoms with Gasteiger partial charge in [0, 0.05) is 30.7 Å². The largest absolute Gasteiger partial charge is 0.378 e. The first-order valence-electron chi connectivity index (χ1n) is 5.72. The zero-order valence-electron chi connectivity index (χ0n) is 10.2. The van der Waals surface area contributed by atoms with Gasteiger partial charge in [-0.25, -0.2) is 4.98 Å². The number of hydrogen-bond acceptors (Lipinski definition) is 3. The van der Waals surface area contributed by atoms with Gasteiger partial charge in [-0.15, -0.1) is 11.3 Å². The fourth-order valence-electron chi connectivity index (χ4n) is 2.06. The van der Waals surface area contributed by atoms with E-state index < -0.39 is 0 Å². The molecule has 0 aromatic carbocycles. The van der Waals surface area contributed by atoms with E-state index in [9.17, 15) is 0 Å². The van der Waals surface area contributed by atoms with Crippen LogP contribution in [0.4, 0.5) is 5.69 Å². The summed E-state index contributed by atoms with van der Waals surface area (Å²) in [7, 11) is 2.00. The molecule has 3 nitrogen and oxygen atoms in total. The molecule has 0 aliphatic rings. The maximum atomic E-state index is 6.09. The first-order valence-corrected chi connectivity index (χ1v) is 7.77. The van der Waals surface area contributed by atoms with Crippen molar-refractivity contribution in [3.63, 3.8) is 0 Å². The Bertz CT molecular complexity index is 721. The highest BCUT2D eigenvalue weighted by Crippen LogP contribution is 2.32. The van der Waals surface area contributed by atoms with Crippen molar-refractivity contribution in [1.29, 1.82) is 0 Å². The van der Waals surface area contributed by atoms with E-state index in [0.29, 0.717) is 5.15 Å². The highest BCUT2D eigenvalue weighted by Gasteiger charge is 2.12. The van der Waals surface area contributed by atoms with E-state index in [1.165, 1.54) is 4.88 Å². The maximum absolute atomic E-state index is 6.09. The summed E-state index contributed by atoms with van der Waals surface area (Å²) < 4.78 is 2.99. The van der Waals surface area contributed by atoms with E-state index in [1.807, 2.05) is 23.9 Å². The average Bonchev–Trinajstić information content (AvgIpc) is 2.96. The van der Waals surface area contributed by atoms with Gasteiger partial charge in [0.25, 0.3) is 0 Å². The van der Waals surface area contributed by atoms with Gasteiger partial charge in [-0.1, -0.05) is 17.7 Å². The van der Waals surface area contributed by atoms with Crippen molar-refractivity contribution in [2.75, 3.05) is 5.32 Å². The standard InChI is InChI=1S/C13H11BrClN3S/c1-18-7-9(14)12-13(18)10(5-11(15)17-12)16-6-8-3-2-4-19-8/h2-5,7H,6H2,1H3,(H,16,17). The average molecular weight is 357 g/mol. The molecule has 1 N–H and O–H groups in total. The molecular weight excluding hydrogens is 346 g/mol. The van der Waals surface area contributed by atoms with Crippen molar-refractivity contribution in [3.05, 3.63) is 44.3 Å². The predicted octanol–water partition coefficient (Wildman–Crippen LogP) is 4.66. The second kappa shape index (κ2) is 5.15. The Kier molecular flexibility index (Phi) is 3.52. The minimum atomic E-state index is 0.494. The number of pyridine rings is 1. The van der Waals surface area contributed by atoms with Gasteiger partial charge in [0.2, 0.25) is 0 Å². The molecule has 0 aliphatic heterocycles. The van der Waals surface area contributed by atoms with Crippen LogP contribution in [0.15, 0.2) is 34.2 Å². The molecule has 0 atom stereocenters. The Morgan fingerprint density at radius 1 is 1.53 bits per heavy atom. The third kappa shape index (κ3) is 2.50. The molecule has 0 radical (unpaired) electrons. The van der Waals surface area contributed by atoms with E-state index in [4.69, 9.17) is 11.6 Å². The molecule has 0 saturated carbocycles. The molecule has 3 aromatic rings. The fraction of sp³-hybridized carbons (Fsp3) is 0.154. The number of nitrogens with zero attached hydrogens (tertiary/aromatic N) is 2. The summed E-state index contributed by atoms with van der Waals surface area (Å²) in [6, 6.07) is 6.03. The number of aromatic nitrogens is 2. The van der Waals surface area contributed by atoms with Crippen molar-refractivity contribution in [2.45, 2.75) is 6.54 Å². The van der Waals surface area contributed by atoms with Gasteiger partial charge in [0.15, 0.2) is 0 Å². The number of fused-ring (bicyclic) bond motifs is 1. The summed E-state index contributed by atoms with van der Waals surface area (Å²) in [6.07, 6.45) is 1.99. The van der Waals surface area contributed by atoms with Gasteiger partial charge in [-0.05, 0) is 27.4 Å². The summed E-state index contributed by atoms with van der Waals surface area (Å²) >= 11 is 11.3. The van der Waals surface area contributed by atoms with Crippen LogP contribution in [-0.2, 0) is 13.6 Å². The molecule has 0 unspecified atom stereocenters. The minimum Gasteiger partial charge on any atom is -0.378 e. The van der Waals surface area contributed by atoms with Crippen LogP contribution in [0, 0.1) is 0 Å². The lowest BCUT2D eigenvalue weighted by molar-refractivity contribution is 0.964. The number of halogens is 2. The van der Waals surface area contributed by atoms with Crippen molar-refractivity contribution in [2.24, 2.45) is 7.05 Å². The predicted molar refractivity (Wildman–Crippen MR) is 85.1 cm³/mol. The monoisotopic (exact) mass is 355 g/mol. The van der Waals surface area contributed by atoms with E-state index in [2.05, 4.69) is 43.7 Å². The number of aryl methyl sites for hydroxylation is 1. The van der Waals surface area contributed by atoms with Gasteiger partial charge in [0.05, 0.1) is 15.7 Å². The molecule has 0 aliphatic carbocycles. The third-order valence-electron chi connectivity index (χ3n) is 2.88. The van der Waals surface area contributed by atoms with E-state index in [-0.39, 0.29) is 0 Å². The lowest BCUT2D eigenvalue weighted by atomic mass is 10.3. The summed E-state index contributed by atoms with van der Waals surface area (Å²) in [5, 5.41) is 6.00. The normalized spacial score (nSPS) is 11.1. The Hall–Kier alpha value is -1.04. The van der Waals surface area contributed by atoms with Gasteiger partial charge in [0.1, 0.15) is 10.7 Å². The van der Waals surface area contributed by atoms with Crippen LogP contribution in [-0.4, -0.2) is 9.55 Å². The quantitative estimate of drug-likeness (QED) is 0.692. The Balaban J connectivity index is 2.02. The van der Waals surface area contributed by atoms with Crippen molar-refractivity contribution >= 4 is 55.6 Å². The molecule has 6 heteroatoms. The lowest BCUT2D eigenvalue weighted by Gasteiger charge is -2.09. The molecule has 3 heterocycles. The molecule has 0 fully saturated rings. The second-order valence-corrected chi connectivity index (χ2v) is 6.48. The highest BCUT2D eigenvalue weighted by molar-refractivity contribution is 9.10. The van der Waals surface area contributed by atoms with Crippen LogP contribution < -0.4 is 5.32 Å². The van der Waals surface area contributed by atoms with E-state index in [0.717, 1.165) is 27.7 Å².